The molecule has 104 valence electrons. The van der Waals surface area contributed by atoms with Crippen LogP contribution < -0.4 is 5.32 Å². The maximum absolute atomic E-state index is 11.8. The molecule has 0 aromatic heterocycles. The van der Waals surface area contributed by atoms with Crippen LogP contribution in [0, 0.1) is 0 Å². The van der Waals surface area contributed by atoms with Crippen LogP contribution in [0.5, 0.6) is 0 Å². The maximum atomic E-state index is 11.8. The molecule has 0 fully saturated rings. The van der Waals surface area contributed by atoms with Crippen molar-refractivity contribution in [3.05, 3.63) is 71.8 Å². The summed E-state index contributed by atoms with van der Waals surface area (Å²) in [5.74, 6) is -0.0997. The van der Waals surface area contributed by atoms with Gasteiger partial charge in [-0.3, -0.25) is 4.79 Å². The van der Waals surface area contributed by atoms with E-state index in [0.717, 1.165) is 11.1 Å². The zero-order valence-corrected chi connectivity index (χ0v) is 11.6. The van der Waals surface area contributed by atoms with Gasteiger partial charge in [0.05, 0.1) is 12.6 Å². The van der Waals surface area contributed by atoms with Crippen LogP contribution in [0.2, 0.25) is 0 Å². The van der Waals surface area contributed by atoms with Crippen molar-refractivity contribution in [2.45, 2.75) is 19.6 Å². The van der Waals surface area contributed by atoms with E-state index in [1.54, 1.807) is 0 Å². The fourth-order valence-electron chi connectivity index (χ4n) is 1.94. The Balaban J connectivity index is 1.73. The van der Waals surface area contributed by atoms with Crippen molar-refractivity contribution in [1.29, 1.82) is 0 Å². The van der Waals surface area contributed by atoms with E-state index >= 15 is 0 Å². The number of benzene rings is 2. The first-order valence-corrected chi connectivity index (χ1v) is 6.71. The summed E-state index contributed by atoms with van der Waals surface area (Å²) in [6, 6.07) is 19.7. The van der Waals surface area contributed by atoms with E-state index in [1.165, 1.54) is 0 Å². The molecule has 2 aromatic carbocycles. The van der Waals surface area contributed by atoms with E-state index in [2.05, 4.69) is 5.32 Å². The lowest BCUT2D eigenvalue weighted by Crippen LogP contribution is -2.30. The van der Waals surface area contributed by atoms with Crippen LogP contribution in [0.1, 0.15) is 24.1 Å². The molecule has 2 rings (SSSR count). The number of hydrogen-bond acceptors (Lipinski definition) is 2. The van der Waals surface area contributed by atoms with Crippen LogP contribution in [0.25, 0.3) is 0 Å². The molecular formula is C17H19NO2. The van der Waals surface area contributed by atoms with Crippen LogP contribution in [0.15, 0.2) is 60.7 Å². The first-order chi connectivity index (χ1) is 9.75. The van der Waals surface area contributed by atoms with Gasteiger partial charge in [-0.2, -0.15) is 0 Å². The monoisotopic (exact) mass is 269 g/mol. The average molecular weight is 269 g/mol. The molecule has 0 aliphatic rings. The van der Waals surface area contributed by atoms with Gasteiger partial charge in [0.1, 0.15) is 6.61 Å². The van der Waals surface area contributed by atoms with Crippen molar-refractivity contribution >= 4 is 5.91 Å². The summed E-state index contributed by atoms with van der Waals surface area (Å²) in [5.41, 5.74) is 2.15. The Bertz CT molecular complexity index is 525. The molecule has 1 unspecified atom stereocenters. The van der Waals surface area contributed by atoms with Crippen molar-refractivity contribution < 1.29 is 9.53 Å². The lowest BCUT2D eigenvalue weighted by molar-refractivity contribution is -0.126. The highest BCUT2D eigenvalue weighted by Crippen LogP contribution is 2.10. The average Bonchev–Trinajstić information content (AvgIpc) is 2.49. The lowest BCUT2D eigenvalue weighted by Gasteiger charge is -2.14. The van der Waals surface area contributed by atoms with Gasteiger partial charge in [-0.1, -0.05) is 60.7 Å². The Hall–Kier alpha value is -2.13. The largest absolute Gasteiger partial charge is 0.367 e. The van der Waals surface area contributed by atoms with Crippen LogP contribution in [-0.2, 0) is 16.1 Å². The third-order valence-electron chi connectivity index (χ3n) is 3.02. The summed E-state index contributed by atoms with van der Waals surface area (Å²) in [5, 5.41) is 2.92. The summed E-state index contributed by atoms with van der Waals surface area (Å²) < 4.78 is 5.41. The molecule has 1 amide bonds. The number of carbonyl (C=O) groups is 1. The van der Waals surface area contributed by atoms with Crippen molar-refractivity contribution in [1.82, 2.24) is 5.32 Å². The van der Waals surface area contributed by atoms with Gasteiger partial charge >= 0.3 is 0 Å². The fourth-order valence-corrected chi connectivity index (χ4v) is 1.94. The second kappa shape index (κ2) is 7.46. The third-order valence-corrected chi connectivity index (χ3v) is 3.02. The number of carbonyl (C=O) groups excluding carboxylic acids is 1. The Morgan fingerprint density at radius 3 is 2.30 bits per heavy atom. The van der Waals surface area contributed by atoms with Gasteiger partial charge < -0.3 is 10.1 Å². The lowest BCUT2D eigenvalue weighted by atomic mass is 10.1. The minimum absolute atomic E-state index is 0.0102. The van der Waals surface area contributed by atoms with Crippen molar-refractivity contribution in [3.63, 3.8) is 0 Å². The zero-order chi connectivity index (χ0) is 14.2. The molecule has 1 N–H and O–H groups in total. The van der Waals surface area contributed by atoms with Crippen LogP contribution in [0.3, 0.4) is 0 Å². The van der Waals surface area contributed by atoms with Crippen LogP contribution in [-0.4, -0.2) is 12.5 Å². The van der Waals surface area contributed by atoms with Gasteiger partial charge in [-0.25, -0.2) is 0 Å². The number of hydrogen-bond donors (Lipinski definition) is 1. The molecule has 20 heavy (non-hydrogen) atoms. The molecule has 0 saturated carbocycles. The Labute approximate surface area is 119 Å². The molecule has 0 bridgehead atoms. The summed E-state index contributed by atoms with van der Waals surface area (Å²) in [6.45, 7) is 2.49. The minimum Gasteiger partial charge on any atom is -0.367 e. The first kappa shape index (κ1) is 14.3. The van der Waals surface area contributed by atoms with Gasteiger partial charge in [0.2, 0.25) is 5.91 Å². The fraction of sp³-hybridized carbons (Fsp3) is 0.235. The molecule has 1 atom stereocenters. The number of amides is 1. The second-order valence-corrected chi connectivity index (χ2v) is 4.68. The molecule has 0 spiro atoms. The van der Waals surface area contributed by atoms with Gasteiger partial charge in [0, 0.05) is 0 Å². The molecule has 2 aromatic rings. The molecule has 0 aliphatic heterocycles. The molecule has 3 nitrogen and oxygen atoms in total. The molecule has 0 saturated heterocycles. The molecule has 3 heteroatoms. The molecule has 0 heterocycles. The highest BCUT2D eigenvalue weighted by Gasteiger charge is 2.08. The molecule has 0 aliphatic carbocycles. The smallest absolute Gasteiger partial charge is 0.246 e. The maximum Gasteiger partial charge on any atom is 0.246 e. The van der Waals surface area contributed by atoms with E-state index in [4.69, 9.17) is 4.74 Å². The third kappa shape index (κ3) is 4.52. The van der Waals surface area contributed by atoms with E-state index in [9.17, 15) is 4.79 Å². The number of ether oxygens (including phenoxy) is 1. The summed E-state index contributed by atoms with van der Waals surface area (Å²) in [6.07, 6.45) is 0. The second-order valence-electron chi connectivity index (χ2n) is 4.68. The molecule has 0 radical (unpaired) electrons. The van der Waals surface area contributed by atoms with Gasteiger partial charge in [0.15, 0.2) is 0 Å². The Kier molecular flexibility index (Phi) is 5.33. The topological polar surface area (TPSA) is 38.3 Å². The van der Waals surface area contributed by atoms with Crippen LogP contribution in [0.4, 0.5) is 0 Å². The van der Waals surface area contributed by atoms with Crippen molar-refractivity contribution in [3.8, 4) is 0 Å². The van der Waals surface area contributed by atoms with E-state index in [0.29, 0.717) is 6.61 Å². The van der Waals surface area contributed by atoms with Crippen molar-refractivity contribution in [2.75, 3.05) is 6.61 Å². The summed E-state index contributed by atoms with van der Waals surface area (Å²) in [4.78, 5) is 11.8. The standard InChI is InChI=1S/C17H19NO2/c1-14(16-10-6-3-7-11-16)18-17(19)13-20-12-15-8-4-2-5-9-15/h2-11,14H,12-13H2,1H3,(H,18,19). The number of nitrogens with one attached hydrogen (secondary N) is 1. The summed E-state index contributed by atoms with van der Waals surface area (Å²) in [7, 11) is 0. The molecular weight excluding hydrogens is 250 g/mol. The number of rotatable bonds is 6. The minimum atomic E-state index is -0.0997. The summed E-state index contributed by atoms with van der Waals surface area (Å²) >= 11 is 0. The normalized spacial score (nSPS) is 11.8. The Morgan fingerprint density at radius 2 is 1.65 bits per heavy atom. The predicted octanol–water partition coefficient (Wildman–Crippen LogP) is 3.08. The Morgan fingerprint density at radius 1 is 1.05 bits per heavy atom. The quantitative estimate of drug-likeness (QED) is 0.875. The first-order valence-electron chi connectivity index (χ1n) is 6.71. The zero-order valence-electron chi connectivity index (χ0n) is 11.6. The van der Waals surface area contributed by atoms with Crippen LogP contribution >= 0.6 is 0 Å². The van der Waals surface area contributed by atoms with Gasteiger partial charge in [0.25, 0.3) is 0 Å². The highest BCUT2D eigenvalue weighted by atomic mass is 16.5. The van der Waals surface area contributed by atoms with E-state index in [1.807, 2.05) is 67.6 Å². The van der Waals surface area contributed by atoms with Gasteiger partial charge in [-0.05, 0) is 18.1 Å². The van der Waals surface area contributed by atoms with Crippen molar-refractivity contribution in [2.24, 2.45) is 0 Å². The van der Waals surface area contributed by atoms with E-state index < -0.39 is 0 Å². The predicted molar refractivity (Wildman–Crippen MR) is 79.1 cm³/mol. The van der Waals surface area contributed by atoms with E-state index in [-0.39, 0.29) is 18.6 Å². The SMILES string of the molecule is CC(NC(=O)COCc1ccccc1)c1ccccc1. The highest BCUT2D eigenvalue weighted by molar-refractivity contribution is 5.77. The van der Waals surface area contributed by atoms with Gasteiger partial charge in [-0.15, -0.1) is 0 Å².